The van der Waals surface area contributed by atoms with Crippen LogP contribution in [0.1, 0.15) is 34.0 Å². The normalized spacial score (nSPS) is 11.3. The maximum absolute atomic E-state index is 13.7. The average Bonchev–Trinajstić information content (AvgIpc) is 3.49. The minimum absolute atomic E-state index is 0.137. The summed E-state index contributed by atoms with van der Waals surface area (Å²) < 4.78 is 19.5. The lowest BCUT2D eigenvalue weighted by Gasteiger charge is -2.17. The van der Waals surface area contributed by atoms with E-state index in [-0.39, 0.29) is 23.6 Å². The summed E-state index contributed by atoms with van der Waals surface area (Å²) in [6.07, 6.45) is 3.79. The van der Waals surface area contributed by atoms with E-state index in [0.717, 1.165) is 10.9 Å². The number of benzene rings is 4. The van der Waals surface area contributed by atoms with E-state index in [1.165, 1.54) is 10.7 Å². The molecular weight excluding hydrogens is 570 g/mol. The van der Waals surface area contributed by atoms with Crippen molar-refractivity contribution in [3.8, 4) is 23.1 Å². The first-order chi connectivity index (χ1) is 21.9. The van der Waals surface area contributed by atoms with Gasteiger partial charge in [-0.3, -0.25) is 4.79 Å². The molecule has 6 rings (SSSR count). The third kappa shape index (κ3) is 6.09. The number of furan rings is 1. The smallest absolute Gasteiger partial charge is 0.335 e. The maximum atomic E-state index is 13.7. The average molecular weight is 600 g/mol. The van der Waals surface area contributed by atoms with Crippen LogP contribution in [-0.2, 0) is 13.0 Å². The van der Waals surface area contributed by atoms with Crippen molar-refractivity contribution in [3.63, 3.8) is 0 Å². The van der Waals surface area contributed by atoms with E-state index in [0.29, 0.717) is 57.9 Å². The molecule has 0 radical (unpaired) electrons. The number of para-hydroxylation sites is 2. The van der Waals surface area contributed by atoms with E-state index in [9.17, 15) is 14.7 Å². The Hall–Kier alpha value is -5.96. The number of carbonyl (C=O) groups is 1. The summed E-state index contributed by atoms with van der Waals surface area (Å²) in [6.45, 7) is 6.27. The van der Waals surface area contributed by atoms with Crippen molar-refractivity contribution in [2.75, 3.05) is 6.61 Å². The number of rotatable bonds is 11. The third-order valence-corrected chi connectivity index (χ3v) is 7.10. The highest BCUT2D eigenvalue weighted by atomic mass is 16.5. The lowest BCUT2D eigenvalue weighted by atomic mass is 10.1. The number of ether oxygens (including phenoxy) is 2. The van der Waals surface area contributed by atoms with Crippen LogP contribution in [0.25, 0.3) is 33.5 Å². The molecule has 4 aromatic carbocycles. The van der Waals surface area contributed by atoms with E-state index >= 15 is 0 Å². The number of hydrogen-bond acceptors (Lipinski definition) is 7. The van der Waals surface area contributed by atoms with Gasteiger partial charge in [-0.15, -0.1) is 6.58 Å². The van der Waals surface area contributed by atoms with Gasteiger partial charge in [0.2, 0.25) is 5.82 Å². The van der Waals surface area contributed by atoms with E-state index in [4.69, 9.17) is 18.9 Å². The molecule has 0 saturated carbocycles. The zero-order chi connectivity index (χ0) is 31.3. The molecule has 0 fully saturated rings. The topological polar surface area (TPSA) is 116 Å². The van der Waals surface area contributed by atoms with Crippen LogP contribution in [0.4, 0.5) is 0 Å². The van der Waals surface area contributed by atoms with Gasteiger partial charge in [0.1, 0.15) is 12.2 Å². The second kappa shape index (κ2) is 12.7. The molecule has 1 N–H and O–H groups in total. The minimum atomic E-state index is -1.01. The molecule has 2 heterocycles. The van der Waals surface area contributed by atoms with Crippen LogP contribution in [0.2, 0.25) is 0 Å². The fraction of sp³-hybridized carbons (Fsp3) is 0.111. The first-order valence-electron chi connectivity index (χ1n) is 14.4. The Balaban J connectivity index is 1.41. The summed E-state index contributed by atoms with van der Waals surface area (Å²) in [5, 5.41) is 15.3. The summed E-state index contributed by atoms with van der Waals surface area (Å²) in [4.78, 5) is 29.9. The Morgan fingerprint density at radius 1 is 1.02 bits per heavy atom. The molecule has 0 aliphatic rings. The molecule has 0 bridgehead atoms. The molecule has 9 heteroatoms. The number of hydrogen-bond donors (Lipinski definition) is 1. The van der Waals surface area contributed by atoms with Gasteiger partial charge in [0.25, 0.3) is 5.56 Å². The maximum Gasteiger partial charge on any atom is 0.335 e. The van der Waals surface area contributed by atoms with Crippen molar-refractivity contribution in [3.05, 3.63) is 136 Å². The number of carboxylic acid groups (broad SMARTS) is 1. The van der Waals surface area contributed by atoms with Gasteiger partial charge in [-0.2, -0.15) is 9.78 Å². The minimum Gasteiger partial charge on any atom is -0.490 e. The van der Waals surface area contributed by atoms with E-state index in [1.54, 1.807) is 54.8 Å². The quantitative estimate of drug-likeness (QED) is 0.125. The molecular formula is C36H29N3O6. The fourth-order valence-corrected chi connectivity index (χ4v) is 5.05. The molecule has 0 atom stereocenters. The number of aromatic carboxylic acids is 1. The van der Waals surface area contributed by atoms with Crippen molar-refractivity contribution in [1.29, 1.82) is 0 Å². The molecule has 45 heavy (non-hydrogen) atoms. The zero-order valence-corrected chi connectivity index (χ0v) is 24.5. The van der Waals surface area contributed by atoms with Crippen molar-refractivity contribution >= 4 is 34.1 Å². The van der Waals surface area contributed by atoms with Gasteiger partial charge in [0.15, 0.2) is 17.3 Å². The van der Waals surface area contributed by atoms with Gasteiger partial charge in [0, 0.05) is 10.9 Å². The Morgan fingerprint density at radius 3 is 2.64 bits per heavy atom. The second-order valence-corrected chi connectivity index (χ2v) is 10.2. The van der Waals surface area contributed by atoms with E-state index in [2.05, 4.69) is 11.7 Å². The van der Waals surface area contributed by atoms with Gasteiger partial charge in [-0.25, -0.2) is 9.78 Å². The van der Waals surface area contributed by atoms with Crippen LogP contribution in [0.3, 0.4) is 0 Å². The SMILES string of the molecule is C=CCc1cc(C=Nn2c(-c3cc4ccccc4o3)nc3ccccc3c2=O)cc(OCC)c1OCc1cccc(C(=O)O)c1. The van der Waals surface area contributed by atoms with Crippen LogP contribution < -0.4 is 15.0 Å². The van der Waals surface area contributed by atoms with Crippen molar-refractivity contribution in [1.82, 2.24) is 9.66 Å². The highest BCUT2D eigenvalue weighted by Gasteiger charge is 2.18. The summed E-state index contributed by atoms with van der Waals surface area (Å²) in [5.41, 5.74) is 3.19. The van der Waals surface area contributed by atoms with Gasteiger partial charge < -0.3 is 19.0 Å². The Labute approximate surface area is 258 Å². The molecule has 0 saturated heterocycles. The van der Waals surface area contributed by atoms with Crippen LogP contribution in [0.5, 0.6) is 11.5 Å². The first kappa shape index (κ1) is 29.1. The highest BCUT2D eigenvalue weighted by molar-refractivity contribution is 5.88. The highest BCUT2D eigenvalue weighted by Crippen LogP contribution is 2.34. The number of allylic oxidation sites excluding steroid dienone is 1. The van der Waals surface area contributed by atoms with Crippen molar-refractivity contribution in [2.24, 2.45) is 5.10 Å². The molecule has 0 spiro atoms. The van der Waals surface area contributed by atoms with Gasteiger partial charge >= 0.3 is 5.97 Å². The number of nitrogens with zero attached hydrogens (tertiary/aromatic N) is 3. The largest absolute Gasteiger partial charge is 0.490 e. The van der Waals surface area contributed by atoms with Gasteiger partial charge in [-0.05, 0) is 73.0 Å². The molecule has 0 amide bonds. The molecule has 6 aromatic rings. The van der Waals surface area contributed by atoms with Gasteiger partial charge in [-0.1, -0.05) is 48.5 Å². The van der Waals surface area contributed by atoms with E-state index in [1.807, 2.05) is 49.4 Å². The molecule has 9 nitrogen and oxygen atoms in total. The standard InChI is InChI=1S/C36H29N3O6/c1-3-10-26-18-24(19-31(43-4-2)33(26)44-22-23-11-9-13-27(17-23)36(41)42)21-37-39-34(32-20-25-12-5-8-16-30(25)45-32)38-29-15-7-6-14-28(29)35(39)40/h3,5-9,11-21H,1,4,10,22H2,2H3,(H,41,42). The fourth-order valence-electron chi connectivity index (χ4n) is 5.05. The lowest BCUT2D eigenvalue weighted by Crippen LogP contribution is -2.20. The Morgan fingerprint density at radius 2 is 1.84 bits per heavy atom. The molecule has 2 aromatic heterocycles. The van der Waals surface area contributed by atoms with Crippen LogP contribution in [0.15, 0.2) is 118 Å². The Kier molecular flexibility index (Phi) is 8.24. The van der Waals surface area contributed by atoms with Crippen LogP contribution in [0, 0.1) is 0 Å². The number of carboxylic acids is 1. The molecule has 0 aliphatic heterocycles. The van der Waals surface area contributed by atoms with Crippen LogP contribution in [-0.4, -0.2) is 33.6 Å². The van der Waals surface area contributed by atoms with Gasteiger partial charge in [0.05, 0.1) is 29.3 Å². The van der Waals surface area contributed by atoms with Crippen molar-refractivity contribution in [2.45, 2.75) is 20.0 Å². The third-order valence-electron chi connectivity index (χ3n) is 7.10. The summed E-state index contributed by atoms with van der Waals surface area (Å²) in [5.74, 6) is 0.670. The van der Waals surface area contributed by atoms with Crippen molar-refractivity contribution < 1.29 is 23.8 Å². The summed E-state index contributed by atoms with van der Waals surface area (Å²) in [6, 6.07) is 26.8. The molecule has 0 aliphatic carbocycles. The van der Waals surface area contributed by atoms with Crippen LogP contribution >= 0.6 is 0 Å². The zero-order valence-electron chi connectivity index (χ0n) is 24.5. The predicted molar refractivity (Wildman–Crippen MR) is 173 cm³/mol. The second-order valence-electron chi connectivity index (χ2n) is 10.2. The van der Waals surface area contributed by atoms with E-state index < -0.39 is 5.97 Å². The predicted octanol–water partition coefficient (Wildman–Crippen LogP) is 7.10. The summed E-state index contributed by atoms with van der Waals surface area (Å²) >= 11 is 0. The summed E-state index contributed by atoms with van der Waals surface area (Å²) in [7, 11) is 0. The number of fused-ring (bicyclic) bond motifs is 2. The lowest BCUT2D eigenvalue weighted by molar-refractivity contribution is 0.0696. The first-order valence-corrected chi connectivity index (χ1v) is 14.4. The number of aromatic nitrogens is 2. The molecule has 224 valence electrons. The molecule has 0 unspecified atom stereocenters. The monoisotopic (exact) mass is 599 g/mol. The Bertz CT molecular complexity index is 2110.